The fourth-order valence-corrected chi connectivity index (χ4v) is 5.96. The molecule has 196 valence electrons. The Kier molecular flexibility index (Phi) is 7.11. The van der Waals surface area contributed by atoms with Crippen molar-refractivity contribution in [3.05, 3.63) is 142 Å². The van der Waals surface area contributed by atoms with Crippen LogP contribution in [0.5, 0.6) is 0 Å². The van der Waals surface area contributed by atoms with E-state index < -0.39 is 35.3 Å². The lowest BCUT2D eigenvalue weighted by atomic mass is 9.71. The number of hydrogen-bond acceptors (Lipinski definition) is 3. The summed E-state index contributed by atoms with van der Waals surface area (Å²) in [6, 6.07) is 31.1. The van der Waals surface area contributed by atoms with Gasteiger partial charge in [0.05, 0.1) is 12.0 Å². The van der Waals surface area contributed by atoms with Crippen LogP contribution in [0.25, 0.3) is 0 Å². The lowest BCUT2D eigenvalue weighted by molar-refractivity contribution is -0.148. The van der Waals surface area contributed by atoms with Crippen molar-refractivity contribution in [1.29, 1.82) is 0 Å². The summed E-state index contributed by atoms with van der Waals surface area (Å²) < 4.78 is 0. The number of amides is 1. The molecule has 39 heavy (non-hydrogen) atoms. The molecule has 0 radical (unpaired) electrons. The number of hydrogen-bond donors (Lipinski definition) is 1. The van der Waals surface area contributed by atoms with Crippen molar-refractivity contribution in [1.82, 2.24) is 4.90 Å². The summed E-state index contributed by atoms with van der Waals surface area (Å²) in [5.74, 6) is -3.61. The predicted octanol–water partition coefficient (Wildman–Crippen LogP) is 6.97. The maximum atomic E-state index is 14.4. The Balaban J connectivity index is 1.82. The zero-order chi connectivity index (χ0) is 27.7. The second kappa shape index (κ2) is 10.5. The molecule has 4 unspecified atom stereocenters. The average molecular weight is 538 g/mol. The van der Waals surface area contributed by atoms with Gasteiger partial charge in [0, 0.05) is 22.1 Å². The molecule has 4 aromatic carbocycles. The molecule has 1 aliphatic rings. The number of Topliss-reactive ketones (excluding diaryl/α,β-unsaturated/α-hetero) is 1. The number of carbonyl (C=O) groups excluding carboxylic acids is 2. The van der Waals surface area contributed by atoms with E-state index in [0.717, 1.165) is 5.56 Å². The first-order chi connectivity index (χ1) is 18.7. The topological polar surface area (TPSA) is 74.7 Å². The van der Waals surface area contributed by atoms with E-state index in [9.17, 15) is 19.5 Å². The van der Waals surface area contributed by atoms with Gasteiger partial charge in [-0.05, 0) is 49.2 Å². The van der Waals surface area contributed by atoms with E-state index in [1.807, 2.05) is 37.3 Å². The van der Waals surface area contributed by atoms with E-state index in [1.165, 1.54) is 4.90 Å². The standard InChI is InChI=1S/C33H28ClNO4/c1-21-13-15-23(16-14-21)29-27(30(36)24-9-5-3-6-10-24)28(22-17-19-26(34)20-18-22)33(2,32(38)39)35(29)31(37)25-11-7-4-8-12-25/h3-20,27-29H,1-2H3,(H,38,39). The summed E-state index contributed by atoms with van der Waals surface area (Å²) >= 11 is 6.20. The smallest absolute Gasteiger partial charge is 0.330 e. The van der Waals surface area contributed by atoms with Crippen molar-refractivity contribution >= 4 is 29.3 Å². The second-order valence-corrected chi connectivity index (χ2v) is 10.6. The molecule has 0 bridgehead atoms. The van der Waals surface area contributed by atoms with Gasteiger partial charge in [-0.3, -0.25) is 9.59 Å². The lowest BCUT2D eigenvalue weighted by Gasteiger charge is -2.38. The molecule has 5 rings (SSSR count). The molecule has 4 aromatic rings. The molecule has 6 heteroatoms. The van der Waals surface area contributed by atoms with Gasteiger partial charge in [0.2, 0.25) is 0 Å². The summed E-state index contributed by atoms with van der Waals surface area (Å²) in [6.45, 7) is 3.50. The number of rotatable bonds is 6. The van der Waals surface area contributed by atoms with Gasteiger partial charge in [0.25, 0.3) is 5.91 Å². The van der Waals surface area contributed by atoms with Crippen LogP contribution >= 0.6 is 11.6 Å². The molecule has 4 atom stereocenters. The van der Waals surface area contributed by atoms with Gasteiger partial charge in [-0.1, -0.05) is 102 Å². The molecular weight excluding hydrogens is 510 g/mol. The lowest BCUT2D eigenvalue weighted by Crippen LogP contribution is -2.54. The third-order valence-electron chi connectivity index (χ3n) is 7.77. The predicted molar refractivity (Wildman–Crippen MR) is 151 cm³/mol. The monoisotopic (exact) mass is 537 g/mol. The van der Waals surface area contributed by atoms with Crippen LogP contribution in [0.1, 0.15) is 56.3 Å². The van der Waals surface area contributed by atoms with Gasteiger partial charge >= 0.3 is 5.97 Å². The summed E-state index contributed by atoms with van der Waals surface area (Å²) in [7, 11) is 0. The molecule has 1 amide bonds. The third-order valence-corrected chi connectivity index (χ3v) is 8.02. The van der Waals surface area contributed by atoms with Crippen molar-refractivity contribution in [2.24, 2.45) is 5.92 Å². The zero-order valence-electron chi connectivity index (χ0n) is 21.6. The number of aliphatic carboxylic acids is 1. The molecule has 1 saturated heterocycles. The van der Waals surface area contributed by atoms with Gasteiger partial charge < -0.3 is 10.0 Å². The van der Waals surface area contributed by atoms with Gasteiger partial charge in [0.1, 0.15) is 5.54 Å². The van der Waals surface area contributed by atoms with Crippen LogP contribution in [0, 0.1) is 12.8 Å². The largest absolute Gasteiger partial charge is 0.479 e. The second-order valence-electron chi connectivity index (χ2n) is 10.1. The molecular formula is C33H28ClNO4. The number of ketones is 1. The molecule has 1 aliphatic heterocycles. The minimum Gasteiger partial charge on any atom is -0.479 e. The normalized spacial score (nSPS) is 22.4. The van der Waals surface area contributed by atoms with Gasteiger partial charge in [-0.15, -0.1) is 0 Å². The molecule has 0 spiro atoms. The number of halogens is 1. The van der Waals surface area contributed by atoms with Crippen LogP contribution in [0.3, 0.4) is 0 Å². The highest BCUT2D eigenvalue weighted by atomic mass is 35.5. The van der Waals surface area contributed by atoms with Crippen molar-refractivity contribution in [3.8, 4) is 0 Å². The minimum absolute atomic E-state index is 0.225. The Hall–Kier alpha value is -4.22. The van der Waals surface area contributed by atoms with Crippen LogP contribution in [0.15, 0.2) is 109 Å². The Bertz CT molecular complexity index is 1500. The number of carboxylic acid groups (broad SMARTS) is 1. The molecule has 0 aliphatic carbocycles. The van der Waals surface area contributed by atoms with E-state index >= 15 is 0 Å². The summed E-state index contributed by atoms with van der Waals surface area (Å²) in [5.41, 5.74) is 1.39. The summed E-state index contributed by atoms with van der Waals surface area (Å²) in [4.78, 5) is 43.4. The molecule has 0 aromatic heterocycles. The maximum Gasteiger partial charge on any atom is 0.330 e. The highest BCUT2D eigenvalue weighted by Gasteiger charge is 2.64. The molecule has 1 N–H and O–H groups in total. The quantitative estimate of drug-likeness (QED) is 0.269. The summed E-state index contributed by atoms with van der Waals surface area (Å²) in [6.07, 6.45) is 0. The van der Waals surface area contributed by atoms with E-state index in [2.05, 4.69) is 0 Å². The third kappa shape index (κ3) is 4.64. The van der Waals surface area contributed by atoms with Crippen LogP contribution in [-0.2, 0) is 4.79 Å². The number of likely N-dealkylation sites (tertiary alicyclic amines) is 1. The molecule has 1 fully saturated rings. The fourth-order valence-electron chi connectivity index (χ4n) is 5.84. The fraction of sp³-hybridized carbons (Fsp3) is 0.182. The molecule has 5 nitrogen and oxygen atoms in total. The summed E-state index contributed by atoms with van der Waals surface area (Å²) in [5, 5.41) is 11.4. The first-order valence-electron chi connectivity index (χ1n) is 12.8. The van der Waals surface area contributed by atoms with E-state index in [-0.39, 0.29) is 5.78 Å². The SMILES string of the molecule is Cc1ccc(C2C(C(=O)c3ccccc3)C(c3ccc(Cl)cc3)C(C)(C(=O)O)N2C(=O)c2ccccc2)cc1. The van der Waals surface area contributed by atoms with Gasteiger partial charge in [0.15, 0.2) is 5.78 Å². The van der Waals surface area contributed by atoms with E-state index in [4.69, 9.17) is 11.6 Å². The van der Waals surface area contributed by atoms with Crippen LogP contribution in [0.2, 0.25) is 5.02 Å². The highest BCUT2D eigenvalue weighted by molar-refractivity contribution is 6.30. The number of aryl methyl sites for hydroxylation is 1. The van der Waals surface area contributed by atoms with Crippen molar-refractivity contribution in [2.45, 2.75) is 31.3 Å². The van der Waals surface area contributed by atoms with E-state index in [0.29, 0.717) is 27.3 Å². The van der Waals surface area contributed by atoms with Crippen LogP contribution < -0.4 is 0 Å². The first-order valence-corrected chi connectivity index (χ1v) is 13.1. The van der Waals surface area contributed by atoms with Crippen LogP contribution in [0.4, 0.5) is 0 Å². The van der Waals surface area contributed by atoms with Gasteiger partial charge in [-0.2, -0.15) is 0 Å². The van der Waals surface area contributed by atoms with Crippen LogP contribution in [-0.4, -0.2) is 33.2 Å². The Morgan fingerprint density at radius 1 is 0.744 bits per heavy atom. The molecule has 1 heterocycles. The average Bonchev–Trinajstić information content (AvgIpc) is 3.24. The number of carboxylic acids is 1. The number of nitrogens with zero attached hydrogens (tertiary/aromatic N) is 1. The van der Waals surface area contributed by atoms with E-state index in [1.54, 1.807) is 85.8 Å². The van der Waals surface area contributed by atoms with Crippen molar-refractivity contribution in [2.75, 3.05) is 0 Å². The maximum absolute atomic E-state index is 14.4. The highest BCUT2D eigenvalue weighted by Crippen LogP contribution is 2.57. The van der Waals surface area contributed by atoms with Gasteiger partial charge in [-0.25, -0.2) is 4.79 Å². The first kappa shape index (κ1) is 26.4. The van der Waals surface area contributed by atoms with Crippen molar-refractivity contribution in [3.63, 3.8) is 0 Å². The zero-order valence-corrected chi connectivity index (χ0v) is 22.4. The number of benzene rings is 4. The minimum atomic E-state index is -1.76. The Labute approximate surface area is 232 Å². The molecule has 0 saturated carbocycles. The Morgan fingerprint density at radius 2 is 1.26 bits per heavy atom. The number of carbonyl (C=O) groups is 3. The van der Waals surface area contributed by atoms with Crippen molar-refractivity contribution < 1.29 is 19.5 Å². The Morgan fingerprint density at radius 3 is 1.79 bits per heavy atom.